The molecule has 22 heavy (non-hydrogen) atoms. The van der Waals surface area contributed by atoms with Crippen molar-refractivity contribution in [3.8, 4) is 0 Å². The first kappa shape index (κ1) is 17.7. The molecule has 1 aliphatic heterocycles. The summed E-state index contributed by atoms with van der Waals surface area (Å²) in [5.41, 5.74) is 0.312. The number of esters is 1. The average molecular weight is 391 g/mol. The third kappa shape index (κ3) is 3.99. The molecule has 0 unspecified atom stereocenters. The molecule has 0 aliphatic carbocycles. The molecule has 1 fully saturated rings. The number of carbonyl (C=O) groups excluding carboxylic acids is 1. The van der Waals surface area contributed by atoms with Gasteiger partial charge in [-0.1, -0.05) is 28.1 Å². The van der Waals surface area contributed by atoms with Crippen molar-refractivity contribution in [3.05, 3.63) is 34.3 Å². The van der Waals surface area contributed by atoms with Gasteiger partial charge in [-0.2, -0.15) is 0 Å². The number of hydrogen-bond acceptors (Lipinski definition) is 5. The van der Waals surface area contributed by atoms with Gasteiger partial charge in [0.1, 0.15) is 11.8 Å². The summed E-state index contributed by atoms with van der Waals surface area (Å²) in [4.78, 5) is 11.7. The van der Waals surface area contributed by atoms with Gasteiger partial charge in [-0.05, 0) is 38.0 Å². The van der Waals surface area contributed by atoms with E-state index >= 15 is 0 Å². The lowest BCUT2D eigenvalue weighted by molar-refractivity contribution is -0.154. The second-order valence-corrected chi connectivity index (χ2v) is 8.12. The van der Waals surface area contributed by atoms with Gasteiger partial charge in [-0.15, -0.1) is 0 Å². The molecule has 0 aromatic heterocycles. The van der Waals surface area contributed by atoms with E-state index < -0.39 is 19.4 Å². The van der Waals surface area contributed by atoms with Crippen LogP contribution in [0.15, 0.2) is 28.7 Å². The molecule has 0 N–H and O–H groups in total. The minimum absolute atomic E-state index is 0.224. The van der Waals surface area contributed by atoms with E-state index in [-0.39, 0.29) is 25.6 Å². The fourth-order valence-electron chi connectivity index (χ4n) is 2.55. The van der Waals surface area contributed by atoms with Crippen molar-refractivity contribution in [1.29, 1.82) is 0 Å². The van der Waals surface area contributed by atoms with Gasteiger partial charge in [0.25, 0.3) is 0 Å². The summed E-state index contributed by atoms with van der Waals surface area (Å²) < 4.78 is 30.4. The summed E-state index contributed by atoms with van der Waals surface area (Å²) in [7, 11) is -3.34. The Kier molecular flexibility index (Phi) is 6.21. The fraction of sp³-hybridized carbons (Fsp3) is 0.533. The SMILES string of the molecule is CCOP(=O)(OCC)[C@H]1CCC(=O)O[C@H]1c1ccc(Br)cc1. The predicted octanol–water partition coefficient (Wildman–Crippen LogP) is 4.46. The van der Waals surface area contributed by atoms with Crippen molar-refractivity contribution in [2.75, 3.05) is 13.2 Å². The number of rotatable bonds is 6. The van der Waals surface area contributed by atoms with Crippen LogP contribution in [0.3, 0.4) is 0 Å². The zero-order chi connectivity index (χ0) is 16.2. The largest absolute Gasteiger partial charge is 0.456 e. The number of carbonyl (C=O) groups is 1. The normalized spacial score (nSPS) is 22.4. The average Bonchev–Trinajstić information content (AvgIpc) is 2.48. The molecular formula is C15H20BrO5P. The highest BCUT2D eigenvalue weighted by Gasteiger charge is 2.46. The number of cyclic esters (lactones) is 1. The number of ether oxygens (including phenoxy) is 1. The van der Waals surface area contributed by atoms with E-state index in [9.17, 15) is 9.36 Å². The Morgan fingerprint density at radius 2 is 1.82 bits per heavy atom. The standard InChI is InChI=1S/C15H20BrO5P/c1-3-19-22(18,20-4-2)13-9-10-14(17)21-15(13)11-5-7-12(16)8-6-11/h5-8,13,15H,3-4,9-10H2,1-2H3/t13-,15-/m0/s1. The van der Waals surface area contributed by atoms with Crippen LogP contribution in [0.25, 0.3) is 0 Å². The van der Waals surface area contributed by atoms with Crippen molar-refractivity contribution in [1.82, 2.24) is 0 Å². The monoisotopic (exact) mass is 390 g/mol. The van der Waals surface area contributed by atoms with Gasteiger partial charge >= 0.3 is 13.6 Å². The maximum atomic E-state index is 13.1. The summed E-state index contributed by atoms with van der Waals surface area (Å²) in [6.45, 7) is 4.12. The van der Waals surface area contributed by atoms with Crippen LogP contribution >= 0.6 is 23.5 Å². The number of halogens is 1. The molecule has 0 amide bonds. The Hall–Kier alpha value is -0.680. The molecule has 0 bridgehead atoms. The van der Waals surface area contributed by atoms with Crippen LogP contribution < -0.4 is 0 Å². The Morgan fingerprint density at radius 3 is 2.36 bits per heavy atom. The molecule has 7 heteroatoms. The van der Waals surface area contributed by atoms with Crippen LogP contribution in [0, 0.1) is 0 Å². The molecule has 1 heterocycles. The Balaban J connectivity index is 2.35. The fourth-order valence-corrected chi connectivity index (χ4v) is 5.00. The predicted molar refractivity (Wildman–Crippen MR) is 86.9 cm³/mol. The molecule has 1 aliphatic rings. The maximum Gasteiger partial charge on any atom is 0.337 e. The topological polar surface area (TPSA) is 61.8 Å². The highest BCUT2D eigenvalue weighted by atomic mass is 79.9. The summed E-state index contributed by atoms with van der Waals surface area (Å²) in [5, 5.41) is 0. The van der Waals surface area contributed by atoms with Crippen LogP contribution in [0.1, 0.15) is 38.4 Å². The van der Waals surface area contributed by atoms with Crippen LogP contribution in [0.2, 0.25) is 0 Å². The van der Waals surface area contributed by atoms with Crippen molar-refractivity contribution >= 4 is 29.5 Å². The molecule has 5 nitrogen and oxygen atoms in total. The lowest BCUT2D eigenvalue weighted by Crippen LogP contribution is -2.31. The van der Waals surface area contributed by atoms with Gasteiger partial charge in [-0.3, -0.25) is 9.36 Å². The Labute approximate surface area is 139 Å². The molecule has 122 valence electrons. The second kappa shape index (κ2) is 7.73. The third-order valence-corrected chi connectivity index (χ3v) is 6.58. The Morgan fingerprint density at radius 1 is 1.23 bits per heavy atom. The van der Waals surface area contributed by atoms with Crippen LogP contribution in [-0.2, 0) is 23.1 Å². The van der Waals surface area contributed by atoms with Crippen LogP contribution in [-0.4, -0.2) is 24.8 Å². The summed E-state index contributed by atoms with van der Waals surface area (Å²) in [5.74, 6) is -0.288. The number of hydrogen-bond donors (Lipinski definition) is 0. The highest BCUT2D eigenvalue weighted by Crippen LogP contribution is 2.60. The zero-order valence-electron chi connectivity index (χ0n) is 12.7. The van der Waals surface area contributed by atoms with Gasteiger partial charge in [0.05, 0.1) is 13.2 Å². The molecule has 1 aromatic rings. The summed E-state index contributed by atoms with van der Waals surface area (Å²) >= 11 is 3.37. The maximum absolute atomic E-state index is 13.1. The van der Waals surface area contributed by atoms with E-state index in [1.54, 1.807) is 13.8 Å². The van der Waals surface area contributed by atoms with Gasteiger partial charge in [-0.25, -0.2) is 0 Å². The molecule has 2 atom stereocenters. The number of benzene rings is 1. The second-order valence-electron chi connectivity index (χ2n) is 4.94. The van der Waals surface area contributed by atoms with Crippen LogP contribution in [0.4, 0.5) is 0 Å². The van der Waals surface area contributed by atoms with Crippen molar-refractivity contribution in [2.24, 2.45) is 0 Å². The smallest absolute Gasteiger partial charge is 0.337 e. The summed E-state index contributed by atoms with van der Waals surface area (Å²) in [6.07, 6.45) is 0.0388. The Bertz CT molecular complexity index is 550. The van der Waals surface area contributed by atoms with E-state index in [1.807, 2.05) is 24.3 Å². The zero-order valence-corrected chi connectivity index (χ0v) is 15.1. The molecule has 0 spiro atoms. The van der Waals surface area contributed by atoms with Gasteiger partial charge < -0.3 is 13.8 Å². The highest BCUT2D eigenvalue weighted by molar-refractivity contribution is 9.10. The van der Waals surface area contributed by atoms with Crippen molar-refractivity contribution < 1.29 is 23.1 Å². The molecule has 0 radical (unpaired) electrons. The first-order valence-electron chi connectivity index (χ1n) is 7.34. The van der Waals surface area contributed by atoms with Gasteiger partial charge in [0.2, 0.25) is 0 Å². The van der Waals surface area contributed by atoms with E-state index in [0.717, 1.165) is 10.0 Å². The van der Waals surface area contributed by atoms with E-state index in [2.05, 4.69) is 15.9 Å². The van der Waals surface area contributed by atoms with E-state index in [4.69, 9.17) is 13.8 Å². The molecule has 2 rings (SSSR count). The lowest BCUT2D eigenvalue weighted by Gasteiger charge is -2.35. The quantitative estimate of drug-likeness (QED) is 0.529. The van der Waals surface area contributed by atoms with Gasteiger partial charge in [0.15, 0.2) is 0 Å². The molecule has 1 saturated heterocycles. The van der Waals surface area contributed by atoms with Crippen LogP contribution in [0.5, 0.6) is 0 Å². The first-order chi connectivity index (χ1) is 10.5. The molecule has 0 saturated carbocycles. The van der Waals surface area contributed by atoms with Crippen molar-refractivity contribution in [3.63, 3.8) is 0 Å². The molecular weight excluding hydrogens is 371 g/mol. The first-order valence-corrected chi connectivity index (χ1v) is 9.74. The lowest BCUT2D eigenvalue weighted by atomic mass is 10.0. The summed E-state index contributed by atoms with van der Waals surface area (Å²) in [6, 6.07) is 7.42. The van der Waals surface area contributed by atoms with E-state index in [1.165, 1.54) is 0 Å². The van der Waals surface area contributed by atoms with Gasteiger partial charge in [0, 0.05) is 10.9 Å². The minimum atomic E-state index is -3.34. The minimum Gasteiger partial charge on any atom is -0.456 e. The third-order valence-electron chi connectivity index (χ3n) is 3.47. The molecule has 1 aromatic carbocycles. The van der Waals surface area contributed by atoms with E-state index in [0.29, 0.717) is 6.42 Å². The van der Waals surface area contributed by atoms with Crippen molar-refractivity contribution in [2.45, 2.75) is 38.5 Å².